The van der Waals surface area contributed by atoms with Crippen molar-refractivity contribution in [2.24, 2.45) is 0 Å². The third-order valence-corrected chi connectivity index (χ3v) is 5.26. The fraction of sp³-hybridized carbons (Fsp3) is 0.381. The van der Waals surface area contributed by atoms with E-state index < -0.39 is 17.6 Å². The maximum Gasteiger partial charge on any atom is 0.419 e. The van der Waals surface area contributed by atoms with Gasteiger partial charge in [0.2, 0.25) is 5.91 Å². The number of anilines is 2. The number of aromatic nitrogens is 3. The van der Waals surface area contributed by atoms with Crippen molar-refractivity contribution in [3.05, 3.63) is 42.4 Å². The molecular weight excluding hydrogens is 425 g/mol. The van der Waals surface area contributed by atoms with Crippen LogP contribution in [0.15, 0.2) is 36.8 Å². The second kappa shape index (κ2) is 9.13. The average Bonchev–Trinajstić information content (AvgIpc) is 3.15. The molecule has 1 aliphatic rings. The monoisotopic (exact) mass is 448 g/mol. The first kappa shape index (κ1) is 22.0. The Labute approximate surface area is 182 Å². The maximum atomic E-state index is 13.1. The van der Waals surface area contributed by atoms with E-state index in [1.54, 1.807) is 28.9 Å². The lowest BCUT2D eigenvalue weighted by molar-refractivity contribution is -0.137. The van der Waals surface area contributed by atoms with Gasteiger partial charge in [-0.05, 0) is 31.2 Å². The normalized spacial score (nSPS) is 15.2. The Hall–Kier alpha value is -3.18. The van der Waals surface area contributed by atoms with E-state index in [4.69, 9.17) is 10.5 Å². The minimum absolute atomic E-state index is 0.139. The number of fused-ring (bicyclic) bond motifs is 1. The number of carbonyl (C=O) groups excluding carboxylic acids is 1. The number of nitrogens with one attached hydrogen (secondary N) is 1. The van der Waals surface area contributed by atoms with Gasteiger partial charge in [0.15, 0.2) is 5.82 Å². The van der Waals surface area contributed by atoms with Crippen LogP contribution in [-0.2, 0) is 15.7 Å². The number of alkyl halides is 3. The second-order valence-electron chi connectivity index (χ2n) is 7.57. The Morgan fingerprint density at radius 1 is 1.19 bits per heavy atom. The van der Waals surface area contributed by atoms with Gasteiger partial charge in [-0.3, -0.25) is 9.69 Å². The Morgan fingerprint density at radius 2 is 1.97 bits per heavy atom. The molecule has 32 heavy (non-hydrogen) atoms. The average molecular weight is 448 g/mol. The fourth-order valence-corrected chi connectivity index (χ4v) is 3.58. The smallest absolute Gasteiger partial charge is 0.383 e. The summed E-state index contributed by atoms with van der Waals surface area (Å²) in [6.45, 7) is 4.04. The first-order valence-electron chi connectivity index (χ1n) is 10.2. The number of nitrogens with zero attached hydrogens (tertiary/aromatic N) is 4. The van der Waals surface area contributed by atoms with Crippen LogP contribution >= 0.6 is 0 Å². The summed E-state index contributed by atoms with van der Waals surface area (Å²) in [7, 11) is 0. The molecule has 4 heterocycles. The first-order chi connectivity index (χ1) is 15.3. The molecule has 0 radical (unpaired) electrons. The van der Waals surface area contributed by atoms with Gasteiger partial charge in [0, 0.05) is 43.0 Å². The molecule has 3 aromatic heterocycles. The number of rotatable bonds is 6. The molecule has 8 nitrogen and oxygen atoms in total. The molecule has 0 spiro atoms. The van der Waals surface area contributed by atoms with E-state index in [9.17, 15) is 18.0 Å². The maximum absolute atomic E-state index is 13.1. The van der Waals surface area contributed by atoms with E-state index in [1.807, 2.05) is 0 Å². The molecule has 170 valence electrons. The van der Waals surface area contributed by atoms with Crippen LogP contribution in [0.3, 0.4) is 0 Å². The molecule has 1 aliphatic heterocycles. The van der Waals surface area contributed by atoms with E-state index >= 15 is 0 Å². The predicted molar refractivity (Wildman–Crippen MR) is 113 cm³/mol. The number of pyridine rings is 2. The highest BCUT2D eigenvalue weighted by Crippen LogP contribution is 2.35. The molecule has 0 saturated carbocycles. The molecule has 11 heteroatoms. The molecule has 1 fully saturated rings. The minimum Gasteiger partial charge on any atom is -0.383 e. The van der Waals surface area contributed by atoms with Crippen molar-refractivity contribution >= 4 is 23.2 Å². The van der Waals surface area contributed by atoms with Crippen molar-refractivity contribution in [3.63, 3.8) is 0 Å². The molecule has 0 aliphatic carbocycles. The van der Waals surface area contributed by atoms with Gasteiger partial charge < -0.3 is 20.2 Å². The van der Waals surface area contributed by atoms with Crippen molar-refractivity contribution in [1.82, 2.24) is 19.3 Å². The molecule has 0 aromatic carbocycles. The zero-order chi connectivity index (χ0) is 22.7. The van der Waals surface area contributed by atoms with Crippen molar-refractivity contribution < 1.29 is 22.7 Å². The number of ether oxygens (including phenoxy) is 1. The Bertz CT molecular complexity index is 1110. The Morgan fingerprint density at radius 3 is 2.72 bits per heavy atom. The van der Waals surface area contributed by atoms with E-state index in [0.717, 1.165) is 45.3 Å². The van der Waals surface area contributed by atoms with E-state index in [-0.39, 0.29) is 11.5 Å². The van der Waals surface area contributed by atoms with Crippen molar-refractivity contribution in [3.8, 4) is 11.1 Å². The van der Waals surface area contributed by atoms with Gasteiger partial charge in [-0.2, -0.15) is 13.2 Å². The summed E-state index contributed by atoms with van der Waals surface area (Å²) in [5.41, 5.74) is 5.73. The summed E-state index contributed by atoms with van der Waals surface area (Å²) >= 11 is 0. The number of carbonyl (C=O) groups is 1. The quantitative estimate of drug-likeness (QED) is 0.602. The lowest BCUT2D eigenvalue weighted by Crippen LogP contribution is -2.37. The van der Waals surface area contributed by atoms with Gasteiger partial charge in [0.1, 0.15) is 11.5 Å². The standard InChI is InChI=1S/C21H23F3N6O2/c22-21(23,24)16-10-15(11-26-20(16)25)14-3-4-18-27-17(13-30(18)12-14)28-19(31)2-1-5-29-6-8-32-9-7-29/h3-4,10-13H,1-2,5-9H2,(H2,25,26)(H,28,31). The SMILES string of the molecule is Nc1ncc(-c2ccc3nc(NC(=O)CCCN4CCOCC4)cn3c2)cc1C(F)(F)F. The second-order valence-corrected chi connectivity index (χ2v) is 7.57. The van der Waals surface area contributed by atoms with Crippen LogP contribution in [0.25, 0.3) is 16.8 Å². The summed E-state index contributed by atoms with van der Waals surface area (Å²) in [4.78, 5) is 22.5. The topological polar surface area (TPSA) is 97.8 Å². The van der Waals surface area contributed by atoms with Crippen molar-refractivity contribution in [2.75, 3.05) is 43.9 Å². The van der Waals surface area contributed by atoms with Crippen LogP contribution < -0.4 is 11.1 Å². The molecule has 1 saturated heterocycles. The number of nitrogens with two attached hydrogens (primary N) is 1. The molecule has 3 aromatic rings. The summed E-state index contributed by atoms with van der Waals surface area (Å²) in [5.74, 6) is -0.326. The van der Waals surface area contributed by atoms with Crippen LogP contribution in [0.5, 0.6) is 0 Å². The first-order valence-corrected chi connectivity index (χ1v) is 10.2. The number of morpholine rings is 1. The zero-order valence-electron chi connectivity index (χ0n) is 17.2. The molecule has 1 amide bonds. The van der Waals surface area contributed by atoms with Crippen LogP contribution in [0, 0.1) is 0 Å². The van der Waals surface area contributed by atoms with Gasteiger partial charge in [-0.15, -0.1) is 0 Å². The van der Waals surface area contributed by atoms with Crippen molar-refractivity contribution in [1.29, 1.82) is 0 Å². The predicted octanol–water partition coefficient (Wildman–Crippen LogP) is 3.05. The highest BCUT2D eigenvalue weighted by molar-refractivity contribution is 5.90. The van der Waals surface area contributed by atoms with Gasteiger partial charge in [-0.25, -0.2) is 9.97 Å². The van der Waals surface area contributed by atoms with E-state index in [0.29, 0.717) is 23.4 Å². The number of amides is 1. The van der Waals surface area contributed by atoms with Crippen LogP contribution in [-0.4, -0.2) is 58.0 Å². The lowest BCUT2D eigenvalue weighted by Gasteiger charge is -2.26. The summed E-state index contributed by atoms with van der Waals surface area (Å²) in [6, 6.07) is 4.27. The van der Waals surface area contributed by atoms with Crippen molar-refractivity contribution in [2.45, 2.75) is 19.0 Å². The molecule has 0 bridgehead atoms. The third kappa shape index (κ3) is 5.17. The zero-order valence-corrected chi connectivity index (χ0v) is 17.2. The summed E-state index contributed by atoms with van der Waals surface area (Å²) in [5, 5.41) is 2.77. The van der Waals surface area contributed by atoms with Crippen LogP contribution in [0.4, 0.5) is 24.8 Å². The van der Waals surface area contributed by atoms with E-state index in [1.165, 1.54) is 6.20 Å². The Kier molecular flexibility index (Phi) is 6.28. The number of halogens is 3. The fourth-order valence-electron chi connectivity index (χ4n) is 3.58. The summed E-state index contributed by atoms with van der Waals surface area (Å²) in [6.07, 6.45) is 1.05. The molecular formula is C21H23F3N6O2. The largest absolute Gasteiger partial charge is 0.419 e. The van der Waals surface area contributed by atoms with Gasteiger partial charge in [-0.1, -0.05) is 0 Å². The number of hydrogen-bond acceptors (Lipinski definition) is 6. The van der Waals surface area contributed by atoms with Gasteiger partial charge in [0.05, 0.1) is 25.0 Å². The molecule has 0 unspecified atom stereocenters. The molecule has 3 N–H and O–H groups in total. The number of hydrogen-bond donors (Lipinski definition) is 2. The number of nitrogen functional groups attached to an aromatic ring is 1. The van der Waals surface area contributed by atoms with Gasteiger partial charge in [0.25, 0.3) is 0 Å². The highest BCUT2D eigenvalue weighted by Gasteiger charge is 2.34. The van der Waals surface area contributed by atoms with Crippen LogP contribution in [0.2, 0.25) is 0 Å². The minimum atomic E-state index is -4.59. The number of imidazole rings is 1. The molecule has 0 atom stereocenters. The third-order valence-electron chi connectivity index (χ3n) is 5.26. The highest BCUT2D eigenvalue weighted by atomic mass is 19.4. The summed E-state index contributed by atoms with van der Waals surface area (Å²) < 4.78 is 46.3. The Balaban J connectivity index is 1.42. The lowest BCUT2D eigenvalue weighted by atomic mass is 10.1. The molecule has 4 rings (SSSR count). The van der Waals surface area contributed by atoms with Gasteiger partial charge >= 0.3 is 6.18 Å². The van der Waals surface area contributed by atoms with Crippen LogP contribution in [0.1, 0.15) is 18.4 Å². The van der Waals surface area contributed by atoms with E-state index in [2.05, 4.69) is 20.2 Å².